The van der Waals surface area contributed by atoms with Crippen molar-refractivity contribution in [3.8, 4) is 0 Å². The third-order valence-electron chi connectivity index (χ3n) is 2.91. The molecule has 1 heterocycles. The molecule has 2 rings (SSSR count). The van der Waals surface area contributed by atoms with Crippen LogP contribution in [0.5, 0.6) is 0 Å². The smallest absolute Gasteiger partial charge is 0.251 e. The Balaban J connectivity index is 2.36. The number of aromatic nitrogens is 2. The van der Waals surface area contributed by atoms with E-state index in [-0.39, 0.29) is 5.56 Å². The molecule has 0 radical (unpaired) electrons. The van der Waals surface area contributed by atoms with E-state index in [9.17, 15) is 14.3 Å². The van der Waals surface area contributed by atoms with E-state index in [0.717, 1.165) is 18.5 Å². The van der Waals surface area contributed by atoms with Gasteiger partial charge in [-0.25, -0.2) is 9.37 Å². The van der Waals surface area contributed by atoms with Gasteiger partial charge in [-0.2, -0.15) is 0 Å². The van der Waals surface area contributed by atoms with E-state index < -0.39 is 11.9 Å². The minimum Gasteiger partial charge on any atom is -0.389 e. The maximum absolute atomic E-state index is 13.3. The van der Waals surface area contributed by atoms with Crippen LogP contribution in [-0.2, 0) is 6.42 Å². The Morgan fingerprint density at radius 2 is 2.19 bits per heavy atom. The maximum Gasteiger partial charge on any atom is 0.251 e. The summed E-state index contributed by atoms with van der Waals surface area (Å²) < 4.78 is 13.3. The summed E-state index contributed by atoms with van der Waals surface area (Å²) in [6.45, 7) is 3.59. The van der Waals surface area contributed by atoms with E-state index in [1.807, 2.05) is 6.92 Å². The monoisotopic (exact) mass is 308 g/mol. The van der Waals surface area contributed by atoms with Crippen LogP contribution in [0, 0.1) is 5.82 Å². The molecule has 0 fully saturated rings. The number of aryl methyl sites for hydroxylation is 1. The molecule has 21 heavy (non-hydrogen) atoms. The number of hydrogen-bond donors (Lipinski definition) is 2. The number of nitrogens with zero attached hydrogens (tertiary/aromatic N) is 1. The SMILES string of the molecule is CCCc1cc(=O)[nH]c(Sc2ccc(F)cc2[C@@H](C)O)n1. The van der Waals surface area contributed by atoms with E-state index in [1.165, 1.54) is 30.0 Å². The fraction of sp³-hybridized carbons (Fsp3) is 0.333. The summed E-state index contributed by atoms with van der Waals surface area (Å²) in [5, 5.41) is 10.2. The number of rotatable bonds is 5. The standard InChI is InChI=1S/C15H17FN2O2S/c1-3-4-11-8-14(20)18-15(17-11)21-13-6-5-10(16)7-12(13)9(2)19/h5-9,19H,3-4H2,1-2H3,(H,17,18,20)/t9-/m1/s1. The van der Waals surface area contributed by atoms with Gasteiger partial charge in [0.25, 0.3) is 5.56 Å². The average molecular weight is 308 g/mol. The van der Waals surface area contributed by atoms with Crippen LogP contribution < -0.4 is 5.56 Å². The molecule has 0 bridgehead atoms. The van der Waals surface area contributed by atoms with Crippen molar-refractivity contribution in [2.45, 2.75) is 42.8 Å². The van der Waals surface area contributed by atoms with Crippen LogP contribution in [0.3, 0.4) is 0 Å². The zero-order valence-electron chi connectivity index (χ0n) is 11.9. The Morgan fingerprint density at radius 3 is 2.86 bits per heavy atom. The molecule has 112 valence electrons. The maximum atomic E-state index is 13.3. The van der Waals surface area contributed by atoms with Gasteiger partial charge in [0.1, 0.15) is 5.82 Å². The van der Waals surface area contributed by atoms with Gasteiger partial charge >= 0.3 is 0 Å². The lowest BCUT2D eigenvalue weighted by Crippen LogP contribution is -2.10. The average Bonchev–Trinajstić information content (AvgIpc) is 2.40. The Bertz CT molecular complexity index is 686. The van der Waals surface area contributed by atoms with Crippen LogP contribution in [0.4, 0.5) is 4.39 Å². The van der Waals surface area contributed by atoms with Crippen LogP contribution in [0.25, 0.3) is 0 Å². The first-order chi connectivity index (χ1) is 9.99. The molecule has 2 N–H and O–H groups in total. The van der Waals surface area contributed by atoms with E-state index in [1.54, 1.807) is 13.0 Å². The predicted octanol–water partition coefficient (Wildman–Crippen LogP) is 3.07. The molecule has 2 aromatic rings. The molecule has 0 aliphatic heterocycles. The number of nitrogens with one attached hydrogen (secondary N) is 1. The van der Waals surface area contributed by atoms with E-state index in [4.69, 9.17) is 0 Å². The minimum absolute atomic E-state index is 0.211. The number of hydrogen-bond acceptors (Lipinski definition) is 4. The highest BCUT2D eigenvalue weighted by Crippen LogP contribution is 2.31. The van der Waals surface area contributed by atoms with Crippen molar-refractivity contribution >= 4 is 11.8 Å². The van der Waals surface area contributed by atoms with Gasteiger partial charge < -0.3 is 10.1 Å². The molecule has 6 heteroatoms. The summed E-state index contributed by atoms with van der Waals surface area (Å²) in [5.74, 6) is -0.406. The van der Waals surface area contributed by atoms with Crippen molar-refractivity contribution in [2.75, 3.05) is 0 Å². The van der Waals surface area contributed by atoms with Crippen LogP contribution in [-0.4, -0.2) is 15.1 Å². The molecule has 0 aliphatic carbocycles. The Kier molecular flexibility index (Phi) is 5.14. The minimum atomic E-state index is -0.797. The molecule has 1 atom stereocenters. The molecule has 1 aromatic heterocycles. The second kappa shape index (κ2) is 6.87. The topological polar surface area (TPSA) is 66.0 Å². The van der Waals surface area contributed by atoms with Gasteiger partial charge in [-0.3, -0.25) is 4.79 Å². The van der Waals surface area contributed by atoms with E-state index in [0.29, 0.717) is 15.6 Å². The molecule has 4 nitrogen and oxygen atoms in total. The van der Waals surface area contributed by atoms with Crippen molar-refractivity contribution in [1.29, 1.82) is 0 Å². The molecular weight excluding hydrogens is 291 g/mol. The zero-order chi connectivity index (χ0) is 15.4. The summed E-state index contributed by atoms with van der Waals surface area (Å²) in [7, 11) is 0. The lowest BCUT2D eigenvalue weighted by atomic mass is 10.1. The van der Waals surface area contributed by atoms with Gasteiger partial charge in [-0.1, -0.05) is 25.1 Å². The summed E-state index contributed by atoms with van der Waals surface area (Å²) >= 11 is 1.21. The quantitative estimate of drug-likeness (QED) is 0.833. The van der Waals surface area contributed by atoms with Gasteiger partial charge in [0.2, 0.25) is 0 Å². The third kappa shape index (κ3) is 4.15. The summed E-state index contributed by atoms with van der Waals surface area (Å²) in [6.07, 6.45) is 0.828. The first-order valence-corrected chi connectivity index (χ1v) is 7.57. The number of benzene rings is 1. The highest BCUT2D eigenvalue weighted by molar-refractivity contribution is 7.99. The fourth-order valence-corrected chi connectivity index (χ4v) is 2.97. The van der Waals surface area contributed by atoms with Gasteiger partial charge in [0.05, 0.1) is 6.10 Å². The number of halogens is 1. The van der Waals surface area contributed by atoms with Gasteiger partial charge in [-0.05, 0) is 37.1 Å². The normalized spacial score (nSPS) is 12.4. The van der Waals surface area contributed by atoms with Crippen molar-refractivity contribution < 1.29 is 9.50 Å². The first kappa shape index (κ1) is 15.7. The highest BCUT2D eigenvalue weighted by Gasteiger charge is 2.12. The molecule has 0 aliphatic rings. The Morgan fingerprint density at radius 1 is 1.43 bits per heavy atom. The third-order valence-corrected chi connectivity index (χ3v) is 3.89. The molecule has 0 saturated carbocycles. The van der Waals surface area contributed by atoms with Crippen molar-refractivity contribution in [2.24, 2.45) is 0 Å². The second-order valence-corrected chi connectivity index (χ2v) is 5.78. The Hall–Kier alpha value is -1.66. The Labute approximate surface area is 126 Å². The summed E-state index contributed by atoms with van der Waals surface area (Å²) in [6, 6.07) is 5.67. The van der Waals surface area contributed by atoms with E-state index >= 15 is 0 Å². The van der Waals surface area contributed by atoms with Crippen LogP contribution in [0.15, 0.2) is 39.1 Å². The number of H-pyrrole nitrogens is 1. The lowest BCUT2D eigenvalue weighted by Gasteiger charge is -2.11. The van der Waals surface area contributed by atoms with Crippen LogP contribution in [0.1, 0.15) is 37.6 Å². The largest absolute Gasteiger partial charge is 0.389 e. The number of aliphatic hydroxyl groups excluding tert-OH is 1. The van der Waals surface area contributed by atoms with Gasteiger partial charge in [-0.15, -0.1) is 0 Å². The highest BCUT2D eigenvalue weighted by atomic mass is 32.2. The van der Waals surface area contributed by atoms with Gasteiger partial charge in [0, 0.05) is 16.7 Å². The first-order valence-electron chi connectivity index (χ1n) is 6.75. The second-order valence-electron chi connectivity index (χ2n) is 4.75. The number of aromatic amines is 1. The van der Waals surface area contributed by atoms with Crippen molar-refractivity contribution in [3.63, 3.8) is 0 Å². The van der Waals surface area contributed by atoms with Crippen LogP contribution in [0.2, 0.25) is 0 Å². The van der Waals surface area contributed by atoms with E-state index in [2.05, 4.69) is 9.97 Å². The summed E-state index contributed by atoms with van der Waals surface area (Å²) in [5.41, 5.74) is 0.990. The molecule has 0 unspecified atom stereocenters. The van der Waals surface area contributed by atoms with Crippen molar-refractivity contribution in [3.05, 3.63) is 51.7 Å². The zero-order valence-corrected chi connectivity index (χ0v) is 12.7. The molecule has 0 saturated heterocycles. The van der Waals surface area contributed by atoms with Crippen molar-refractivity contribution in [1.82, 2.24) is 9.97 Å². The molecular formula is C15H17FN2O2S. The molecule has 1 aromatic carbocycles. The lowest BCUT2D eigenvalue weighted by molar-refractivity contribution is 0.196. The molecule has 0 spiro atoms. The number of aliphatic hydroxyl groups is 1. The predicted molar refractivity (Wildman–Crippen MR) is 80.0 cm³/mol. The molecule has 0 amide bonds. The fourth-order valence-electron chi connectivity index (χ4n) is 1.96. The van der Waals surface area contributed by atoms with Crippen LogP contribution >= 0.6 is 11.8 Å². The summed E-state index contributed by atoms with van der Waals surface area (Å²) in [4.78, 5) is 19.3. The van der Waals surface area contributed by atoms with Gasteiger partial charge in [0.15, 0.2) is 5.16 Å².